The van der Waals surface area contributed by atoms with E-state index in [4.69, 9.17) is 16.3 Å². The maximum absolute atomic E-state index is 12.2. The highest BCUT2D eigenvalue weighted by Crippen LogP contribution is 2.67. The number of hydrogen-bond donors (Lipinski definition) is 0. The number of likely N-dealkylation sites (tertiary alicyclic amines) is 1. The number of carbonyl (C=O) groups is 1. The molecule has 1 aliphatic heterocycles. The van der Waals surface area contributed by atoms with Crippen molar-refractivity contribution >= 4 is 23.6 Å². The molecule has 0 aromatic heterocycles. The SMILES string of the molecule is CC(=O)O[C@H]1/C(=C/c2ccc(Cl)cc2)CC2C3CCC4C[C@@H](N5CCCC5)CC[C@]4(C)C3CC[C@@]21C. The average molecular weight is 510 g/mol. The number of ether oxygens (including phenoxy) is 1. The van der Waals surface area contributed by atoms with Gasteiger partial charge in [-0.25, -0.2) is 0 Å². The Bertz CT molecular complexity index is 1010. The van der Waals surface area contributed by atoms with E-state index in [1.54, 1.807) is 6.92 Å². The quantitative estimate of drug-likeness (QED) is 0.390. The minimum Gasteiger partial charge on any atom is -0.457 e. The van der Waals surface area contributed by atoms with Crippen LogP contribution in [0.15, 0.2) is 29.8 Å². The molecule has 1 saturated heterocycles. The predicted molar refractivity (Wildman–Crippen MR) is 147 cm³/mol. The van der Waals surface area contributed by atoms with E-state index in [-0.39, 0.29) is 17.5 Å². The minimum atomic E-state index is -0.151. The Morgan fingerprint density at radius 2 is 1.72 bits per heavy atom. The second kappa shape index (κ2) is 9.45. The largest absolute Gasteiger partial charge is 0.457 e. The van der Waals surface area contributed by atoms with E-state index in [1.165, 1.54) is 76.5 Å². The molecule has 1 heterocycles. The third kappa shape index (κ3) is 4.17. The van der Waals surface area contributed by atoms with Crippen LogP contribution in [0.2, 0.25) is 5.02 Å². The molecule has 1 aromatic carbocycles. The second-order valence-electron chi connectivity index (χ2n) is 13.3. The zero-order valence-corrected chi connectivity index (χ0v) is 23.2. The molecular weight excluding hydrogens is 466 g/mol. The first-order chi connectivity index (χ1) is 17.3. The van der Waals surface area contributed by atoms with E-state index in [9.17, 15) is 4.79 Å². The van der Waals surface area contributed by atoms with Crippen LogP contribution < -0.4 is 0 Å². The number of fused-ring (bicyclic) bond motifs is 5. The molecule has 0 bridgehead atoms. The molecule has 6 rings (SSSR count). The van der Waals surface area contributed by atoms with E-state index >= 15 is 0 Å². The lowest BCUT2D eigenvalue weighted by Crippen LogP contribution is -2.55. The maximum atomic E-state index is 12.2. The molecule has 5 fully saturated rings. The van der Waals surface area contributed by atoms with Crippen molar-refractivity contribution in [1.29, 1.82) is 0 Å². The monoisotopic (exact) mass is 509 g/mol. The van der Waals surface area contributed by atoms with Crippen LogP contribution in [0.25, 0.3) is 6.08 Å². The maximum Gasteiger partial charge on any atom is 0.303 e. The Hall–Kier alpha value is -1.32. The van der Waals surface area contributed by atoms with Crippen molar-refractivity contribution in [2.75, 3.05) is 13.1 Å². The van der Waals surface area contributed by atoms with Crippen molar-refractivity contribution in [1.82, 2.24) is 4.90 Å². The smallest absolute Gasteiger partial charge is 0.303 e. The fraction of sp³-hybridized carbons (Fsp3) is 0.719. The van der Waals surface area contributed by atoms with Crippen molar-refractivity contribution in [2.45, 2.75) is 97.1 Å². The third-order valence-corrected chi connectivity index (χ3v) is 11.9. The lowest BCUT2D eigenvalue weighted by atomic mass is 9.45. The van der Waals surface area contributed by atoms with E-state index in [0.717, 1.165) is 40.8 Å². The van der Waals surface area contributed by atoms with Crippen LogP contribution in [0.5, 0.6) is 0 Å². The van der Waals surface area contributed by atoms with Gasteiger partial charge in [-0.15, -0.1) is 0 Å². The molecule has 1 aromatic rings. The fourth-order valence-electron chi connectivity index (χ4n) is 9.80. The lowest BCUT2D eigenvalue weighted by molar-refractivity contribution is -0.160. The summed E-state index contributed by atoms with van der Waals surface area (Å²) in [5.41, 5.74) is 2.99. The second-order valence-corrected chi connectivity index (χ2v) is 13.8. The average Bonchev–Trinajstić information content (AvgIpc) is 3.47. The summed E-state index contributed by atoms with van der Waals surface area (Å²) < 4.78 is 6.14. The van der Waals surface area contributed by atoms with Gasteiger partial charge in [-0.3, -0.25) is 4.79 Å². The van der Waals surface area contributed by atoms with Gasteiger partial charge in [-0.1, -0.05) is 43.7 Å². The molecule has 5 aliphatic rings. The van der Waals surface area contributed by atoms with Gasteiger partial charge in [0.2, 0.25) is 0 Å². The van der Waals surface area contributed by atoms with Gasteiger partial charge in [0.15, 0.2) is 0 Å². The van der Waals surface area contributed by atoms with Crippen LogP contribution in [-0.4, -0.2) is 36.1 Å². The lowest BCUT2D eigenvalue weighted by Gasteiger charge is -2.61. The molecule has 4 aliphatic carbocycles. The summed E-state index contributed by atoms with van der Waals surface area (Å²) in [6.07, 6.45) is 15.5. The summed E-state index contributed by atoms with van der Waals surface area (Å²) in [6.45, 7) is 9.35. The topological polar surface area (TPSA) is 29.5 Å². The Balaban J connectivity index is 1.26. The zero-order chi connectivity index (χ0) is 25.1. The molecular formula is C32H44ClNO2. The number of nitrogens with zero attached hydrogens (tertiary/aromatic N) is 1. The van der Waals surface area contributed by atoms with Gasteiger partial charge >= 0.3 is 5.97 Å². The summed E-state index contributed by atoms with van der Waals surface area (Å²) in [5, 5.41) is 0.757. The van der Waals surface area contributed by atoms with Gasteiger partial charge in [0.1, 0.15) is 6.10 Å². The summed E-state index contributed by atoms with van der Waals surface area (Å²) in [6, 6.07) is 8.91. The van der Waals surface area contributed by atoms with Crippen molar-refractivity contribution < 1.29 is 9.53 Å². The number of esters is 1. The molecule has 0 radical (unpaired) electrons. The number of hydrogen-bond acceptors (Lipinski definition) is 3. The third-order valence-electron chi connectivity index (χ3n) is 11.6. The van der Waals surface area contributed by atoms with Crippen LogP contribution in [-0.2, 0) is 9.53 Å². The Morgan fingerprint density at radius 1 is 1.00 bits per heavy atom. The number of halogens is 1. The molecule has 36 heavy (non-hydrogen) atoms. The molecule has 0 spiro atoms. The first kappa shape index (κ1) is 25.0. The van der Waals surface area contributed by atoms with Gasteiger partial charge < -0.3 is 9.64 Å². The van der Waals surface area contributed by atoms with Crippen molar-refractivity contribution in [3.05, 3.63) is 40.4 Å². The van der Waals surface area contributed by atoms with Gasteiger partial charge in [0.25, 0.3) is 0 Å². The normalized spacial score (nSPS) is 43.6. The Morgan fingerprint density at radius 3 is 2.44 bits per heavy atom. The number of benzene rings is 1. The van der Waals surface area contributed by atoms with Crippen LogP contribution in [0, 0.1) is 34.5 Å². The summed E-state index contributed by atoms with van der Waals surface area (Å²) in [7, 11) is 0. The summed E-state index contributed by atoms with van der Waals surface area (Å²) in [4.78, 5) is 15.1. The van der Waals surface area contributed by atoms with Crippen LogP contribution in [0.4, 0.5) is 0 Å². The van der Waals surface area contributed by atoms with E-state index in [1.807, 2.05) is 12.1 Å². The van der Waals surface area contributed by atoms with Gasteiger partial charge in [0, 0.05) is 23.4 Å². The number of rotatable bonds is 3. The first-order valence-electron chi connectivity index (χ1n) is 14.7. The molecule has 8 atom stereocenters. The van der Waals surface area contributed by atoms with Crippen LogP contribution in [0.3, 0.4) is 0 Å². The summed E-state index contributed by atoms with van der Waals surface area (Å²) >= 11 is 6.15. The highest BCUT2D eigenvalue weighted by Gasteiger charge is 2.62. The van der Waals surface area contributed by atoms with Gasteiger partial charge in [0.05, 0.1) is 0 Å². The highest BCUT2D eigenvalue weighted by atomic mass is 35.5. The molecule has 0 N–H and O–H groups in total. The van der Waals surface area contributed by atoms with Gasteiger partial charge in [-0.2, -0.15) is 0 Å². The Labute approximate surface area is 223 Å². The molecule has 3 nitrogen and oxygen atoms in total. The highest BCUT2D eigenvalue weighted by molar-refractivity contribution is 6.30. The zero-order valence-electron chi connectivity index (χ0n) is 22.5. The van der Waals surface area contributed by atoms with Crippen molar-refractivity contribution in [3.8, 4) is 0 Å². The van der Waals surface area contributed by atoms with E-state index in [2.05, 4.69) is 37.0 Å². The Kier molecular flexibility index (Phi) is 6.56. The fourth-order valence-corrected chi connectivity index (χ4v) is 9.93. The predicted octanol–water partition coefficient (Wildman–Crippen LogP) is 7.77. The van der Waals surface area contributed by atoms with Gasteiger partial charge in [-0.05, 0) is 130 Å². The standard InChI is InChI=1S/C32H44ClNO2/c1-21(35)36-30-23(18-22-6-9-25(33)10-7-22)19-29-27-11-8-24-20-26(34-16-4-5-17-34)12-14-31(24,2)28(27)13-15-32(29,30)3/h6-7,9-10,18,24,26-30H,4-5,8,11-17,19-20H2,1-3H3/b23-18+/t24?,26-,27?,28?,29?,30-,31-,32-/m0/s1. The van der Waals surface area contributed by atoms with Crippen molar-refractivity contribution in [2.24, 2.45) is 34.5 Å². The van der Waals surface area contributed by atoms with Crippen molar-refractivity contribution in [3.63, 3.8) is 0 Å². The first-order valence-corrected chi connectivity index (χ1v) is 15.0. The number of carbonyl (C=O) groups excluding carboxylic acids is 1. The molecule has 196 valence electrons. The summed E-state index contributed by atoms with van der Waals surface area (Å²) in [5.74, 6) is 2.91. The van der Waals surface area contributed by atoms with E-state index < -0.39 is 0 Å². The van der Waals surface area contributed by atoms with Crippen LogP contribution >= 0.6 is 11.6 Å². The molecule has 4 heteroatoms. The molecule has 4 unspecified atom stereocenters. The molecule has 0 amide bonds. The van der Waals surface area contributed by atoms with E-state index in [0.29, 0.717) is 11.3 Å². The minimum absolute atomic E-state index is 0.0427. The van der Waals surface area contributed by atoms with Crippen LogP contribution in [0.1, 0.15) is 90.5 Å². The molecule has 4 saturated carbocycles.